The van der Waals surface area contributed by atoms with Crippen molar-refractivity contribution in [2.24, 2.45) is 0 Å². The topological polar surface area (TPSA) is 77.3 Å². The molecule has 0 radical (unpaired) electrons. The summed E-state index contributed by atoms with van der Waals surface area (Å²) < 4.78 is 0. The SMILES string of the molecule is Cc1cc(-c2ccccc2)cc(-c2ccccc2)c1.Cc1ccc(-c2cccc(-c3ccccc3)c2)cc1.Cc1cccc(-c2cccc(-c3ccc(-c4ccccc4)cc3)c2)c1.Cc1cccc2ccccc12.Cc1nc(-c2ccccc2)nc(-c2cccc(-c3ccccc3)c2)n1.Cc1nc(-c2ccccc2)nc(-c2ccccc2)n1. The maximum atomic E-state index is 4.69. The van der Waals surface area contributed by atoms with E-state index in [4.69, 9.17) is 0 Å². The van der Waals surface area contributed by atoms with Gasteiger partial charge in [-0.25, -0.2) is 29.9 Å². The maximum Gasteiger partial charge on any atom is 0.163 e. The van der Waals surface area contributed by atoms with E-state index >= 15 is 0 Å². The van der Waals surface area contributed by atoms with Gasteiger partial charge in [0.2, 0.25) is 0 Å². The molecule has 2 heterocycles. The van der Waals surface area contributed by atoms with Crippen molar-refractivity contribution in [2.75, 3.05) is 0 Å². The van der Waals surface area contributed by atoms with E-state index in [-0.39, 0.29) is 0 Å². The van der Waals surface area contributed by atoms with E-state index in [9.17, 15) is 0 Å². The lowest BCUT2D eigenvalue weighted by molar-refractivity contribution is 0.991. The molecule has 19 aromatic rings. The molecule has 0 fully saturated rings. The molecule has 0 amide bonds. The molecular weight excluding hydrogens is 1430 g/mol. The van der Waals surface area contributed by atoms with Crippen LogP contribution in [-0.2, 0) is 0 Å². The van der Waals surface area contributed by atoms with Crippen molar-refractivity contribution in [1.29, 1.82) is 0 Å². The van der Waals surface area contributed by atoms with Crippen LogP contribution in [0.25, 0.3) is 145 Å². The number of nitrogens with zero attached hydrogens (tertiary/aromatic N) is 6. The van der Waals surface area contributed by atoms with Crippen molar-refractivity contribution in [3.63, 3.8) is 0 Å². The fourth-order valence-electron chi connectivity index (χ4n) is 13.9. The van der Waals surface area contributed by atoms with Crippen LogP contribution in [0.2, 0.25) is 0 Å². The summed E-state index contributed by atoms with van der Waals surface area (Å²) in [7, 11) is 0. The van der Waals surface area contributed by atoms with Gasteiger partial charge in [0.1, 0.15) is 11.6 Å². The molecule has 0 saturated heterocycles. The molecule has 0 aliphatic rings. The summed E-state index contributed by atoms with van der Waals surface area (Å²) in [4.78, 5) is 27.1. The second-order valence-corrected chi connectivity index (χ2v) is 28.9. The van der Waals surface area contributed by atoms with Gasteiger partial charge in [0.25, 0.3) is 0 Å². The number of aryl methyl sites for hydroxylation is 6. The normalized spacial score (nSPS) is 10.5. The minimum atomic E-state index is 0.698. The third kappa shape index (κ3) is 22.1. The second-order valence-electron chi connectivity index (χ2n) is 28.9. The molecule has 0 saturated carbocycles. The fourth-order valence-corrected chi connectivity index (χ4v) is 13.9. The predicted octanol–water partition coefficient (Wildman–Crippen LogP) is 29.5. The van der Waals surface area contributed by atoms with Crippen LogP contribution in [0.5, 0.6) is 0 Å². The van der Waals surface area contributed by atoms with Crippen LogP contribution in [-0.4, -0.2) is 29.9 Å². The molecule has 0 bridgehead atoms. The van der Waals surface area contributed by atoms with Gasteiger partial charge < -0.3 is 0 Å². The smallest absolute Gasteiger partial charge is 0.163 e. The first-order chi connectivity index (χ1) is 57.9. The molecule has 0 aliphatic carbocycles. The number of hydrogen-bond acceptors (Lipinski definition) is 6. The minimum absolute atomic E-state index is 0.698. The molecule has 17 aromatic carbocycles. The third-order valence-corrected chi connectivity index (χ3v) is 20.0. The van der Waals surface area contributed by atoms with Crippen molar-refractivity contribution in [3.05, 3.63) is 483 Å². The highest BCUT2D eigenvalue weighted by atomic mass is 15.0. The Labute approximate surface area is 695 Å². The van der Waals surface area contributed by atoms with Crippen LogP contribution >= 0.6 is 0 Å². The molecular formula is C112H92N6. The summed E-state index contributed by atoms with van der Waals surface area (Å²) in [5, 5.41) is 2.68. The molecule has 0 N–H and O–H groups in total. The Morgan fingerprint density at radius 1 is 0.136 bits per heavy atom. The van der Waals surface area contributed by atoms with Crippen LogP contribution in [0.15, 0.2) is 449 Å². The predicted molar refractivity (Wildman–Crippen MR) is 497 cm³/mol. The summed E-state index contributed by atoms with van der Waals surface area (Å²) in [5.74, 6) is 4.28. The first kappa shape index (κ1) is 79.7. The Bertz CT molecular complexity index is 6120. The van der Waals surface area contributed by atoms with E-state index in [1.165, 1.54) is 116 Å². The van der Waals surface area contributed by atoms with Crippen molar-refractivity contribution in [3.8, 4) is 135 Å². The first-order valence-corrected chi connectivity index (χ1v) is 40.0. The standard InChI is InChI=1S/C25H20.C22H17N3.2C19H16.C16H13N3.C11H10/c1-19-7-5-10-23(17-19)25-12-6-11-24(18-25)22-15-13-21(14-16-22)20-8-3-2-4-9-20;1-16-23-21(18-11-6-3-7-12-18)25-22(24-16)20-14-8-13-19(15-20)17-9-4-2-5-10-17;1-15-12-18(16-8-4-2-5-9-16)14-19(13-15)17-10-6-3-7-11-17;1-15-10-12-17(13-11-15)19-9-5-8-18(14-19)16-6-3-2-4-7-16;1-12-17-15(13-8-4-2-5-9-13)19-16(18-12)14-10-6-3-7-11-14;1-9-5-4-7-10-6-2-3-8-11(9)10/h2-18H,1H3;2-15H,1H3;2*2-14H,1H3;2-11H,1H3;2-8H,1H3. The second kappa shape index (κ2) is 40.2. The fraction of sp³-hybridized carbons (Fsp3) is 0.0536. The molecule has 118 heavy (non-hydrogen) atoms. The average molecular weight is 1520 g/mol. The Kier molecular flexibility index (Phi) is 27.1. The van der Waals surface area contributed by atoms with Crippen LogP contribution in [0, 0.1) is 41.5 Å². The van der Waals surface area contributed by atoms with Crippen molar-refractivity contribution in [2.45, 2.75) is 41.5 Å². The highest BCUT2D eigenvalue weighted by molar-refractivity contribution is 5.85. The number of fused-ring (bicyclic) bond motifs is 1. The Morgan fingerprint density at radius 2 is 0.364 bits per heavy atom. The largest absolute Gasteiger partial charge is 0.213 e. The van der Waals surface area contributed by atoms with E-state index in [1.807, 2.05) is 141 Å². The highest BCUT2D eigenvalue weighted by Gasteiger charge is 2.13. The molecule has 19 rings (SSSR count). The van der Waals surface area contributed by atoms with Crippen molar-refractivity contribution in [1.82, 2.24) is 29.9 Å². The monoisotopic (exact) mass is 1520 g/mol. The molecule has 0 atom stereocenters. The quantitative estimate of drug-likeness (QED) is 0.121. The molecule has 0 aliphatic heterocycles. The average Bonchev–Trinajstić information content (AvgIpc) is 0.832. The van der Waals surface area contributed by atoms with Gasteiger partial charge >= 0.3 is 0 Å². The van der Waals surface area contributed by atoms with Gasteiger partial charge in [-0.1, -0.05) is 436 Å². The number of rotatable bonds is 12. The molecule has 6 heteroatoms. The van der Waals surface area contributed by atoms with E-state index in [0.717, 1.165) is 33.6 Å². The maximum absolute atomic E-state index is 4.69. The van der Waals surface area contributed by atoms with E-state index in [0.29, 0.717) is 29.1 Å². The first-order valence-electron chi connectivity index (χ1n) is 40.0. The summed E-state index contributed by atoms with van der Waals surface area (Å²) in [5.41, 5.74) is 29.2. The number of aromatic nitrogens is 6. The summed E-state index contributed by atoms with van der Waals surface area (Å²) >= 11 is 0. The van der Waals surface area contributed by atoms with Gasteiger partial charge in [-0.05, 0) is 177 Å². The zero-order chi connectivity index (χ0) is 81.0. The number of benzene rings is 17. The summed E-state index contributed by atoms with van der Waals surface area (Å²) in [6.45, 7) is 12.3. The molecule has 0 spiro atoms. The Balaban J connectivity index is 0.000000118. The molecule has 570 valence electrons. The zero-order valence-corrected chi connectivity index (χ0v) is 67.4. The van der Waals surface area contributed by atoms with E-state index < -0.39 is 0 Å². The lowest BCUT2D eigenvalue weighted by Gasteiger charge is -2.08. The Hall–Kier alpha value is -15.0. The van der Waals surface area contributed by atoms with Crippen LogP contribution in [0.4, 0.5) is 0 Å². The number of hydrogen-bond donors (Lipinski definition) is 0. The lowest BCUT2D eigenvalue weighted by Crippen LogP contribution is -1.99. The Morgan fingerprint density at radius 3 is 0.737 bits per heavy atom. The lowest BCUT2D eigenvalue weighted by atomic mass is 9.96. The van der Waals surface area contributed by atoms with Crippen molar-refractivity contribution < 1.29 is 0 Å². The van der Waals surface area contributed by atoms with Gasteiger partial charge in [0, 0.05) is 22.3 Å². The summed E-state index contributed by atoms with van der Waals surface area (Å²) in [6.07, 6.45) is 0. The van der Waals surface area contributed by atoms with Crippen molar-refractivity contribution >= 4 is 10.8 Å². The molecule has 6 nitrogen and oxygen atoms in total. The van der Waals surface area contributed by atoms with E-state index in [1.54, 1.807) is 0 Å². The zero-order valence-electron chi connectivity index (χ0n) is 67.4. The van der Waals surface area contributed by atoms with Gasteiger partial charge in [-0.2, -0.15) is 0 Å². The van der Waals surface area contributed by atoms with Gasteiger partial charge in [-0.15, -0.1) is 0 Å². The van der Waals surface area contributed by atoms with Crippen LogP contribution in [0.1, 0.15) is 33.9 Å². The van der Waals surface area contributed by atoms with Gasteiger partial charge in [-0.3, -0.25) is 0 Å². The van der Waals surface area contributed by atoms with Crippen LogP contribution in [0.3, 0.4) is 0 Å². The highest BCUT2D eigenvalue weighted by Crippen LogP contribution is 2.33. The minimum Gasteiger partial charge on any atom is -0.213 e. The van der Waals surface area contributed by atoms with E-state index in [2.05, 4.69) is 379 Å². The summed E-state index contributed by atoms with van der Waals surface area (Å²) in [6, 6.07) is 156. The molecule has 2 aromatic heterocycles. The van der Waals surface area contributed by atoms with Gasteiger partial charge in [0.15, 0.2) is 23.3 Å². The molecule has 0 unspecified atom stereocenters. The van der Waals surface area contributed by atoms with Gasteiger partial charge in [0.05, 0.1) is 0 Å². The van der Waals surface area contributed by atoms with Crippen LogP contribution < -0.4 is 0 Å². The third-order valence-electron chi connectivity index (χ3n) is 20.0.